The number of nitrogens with zero attached hydrogens (tertiary/aromatic N) is 1. The molecule has 1 atom stereocenters. The van der Waals surface area contributed by atoms with Crippen LogP contribution in [-0.4, -0.2) is 16.2 Å². The Hall–Kier alpha value is -1.61. The van der Waals surface area contributed by atoms with Gasteiger partial charge in [0.15, 0.2) is 0 Å². The summed E-state index contributed by atoms with van der Waals surface area (Å²) in [4.78, 5) is 0. The van der Waals surface area contributed by atoms with E-state index in [9.17, 15) is 0 Å². The molecule has 0 fully saturated rings. The molecular formula is C16H23N3. The predicted molar refractivity (Wildman–Crippen MR) is 79.2 cm³/mol. The second kappa shape index (κ2) is 6.02. The van der Waals surface area contributed by atoms with Crippen LogP contribution in [0.1, 0.15) is 35.0 Å². The molecule has 2 N–H and O–H groups in total. The number of hydrogen-bond donors (Lipinski definition) is 2. The van der Waals surface area contributed by atoms with Crippen LogP contribution in [0.25, 0.3) is 0 Å². The van der Waals surface area contributed by atoms with E-state index in [2.05, 4.69) is 60.6 Å². The summed E-state index contributed by atoms with van der Waals surface area (Å²) in [5.41, 5.74) is 6.33. The van der Waals surface area contributed by atoms with Crippen LogP contribution in [0.15, 0.2) is 24.3 Å². The molecule has 0 saturated carbocycles. The molecule has 0 radical (unpaired) electrons. The van der Waals surface area contributed by atoms with Crippen LogP contribution >= 0.6 is 0 Å². The molecule has 1 heterocycles. The monoisotopic (exact) mass is 257 g/mol. The lowest BCUT2D eigenvalue weighted by atomic mass is 10.0. The first-order chi connectivity index (χ1) is 9.08. The second-order valence-electron chi connectivity index (χ2n) is 5.33. The summed E-state index contributed by atoms with van der Waals surface area (Å²) < 4.78 is 0. The van der Waals surface area contributed by atoms with Crippen molar-refractivity contribution in [3.8, 4) is 0 Å². The number of benzene rings is 1. The largest absolute Gasteiger partial charge is 0.310 e. The Bertz CT molecular complexity index is 523. The van der Waals surface area contributed by atoms with Crippen molar-refractivity contribution in [3.05, 3.63) is 52.3 Å². The highest BCUT2D eigenvalue weighted by Crippen LogP contribution is 2.12. The first-order valence-corrected chi connectivity index (χ1v) is 6.86. The summed E-state index contributed by atoms with van der Waals surface area (Å²) in [5, 5.41) is 10.8. The summed E-state index contributed by atoms with van der Waals surface area (Å²) in [6.45, 7) is 9.40. The molecule has 102 valence electrons. The van der Waals surface area contributed by atoms with Crippen LogP contribution in [0.4, 0.5) is 0 Å². The Morgan fingerprint density at radius 1 is 1.21 bits per heavy atom. The van der Waals surface area contributed by atoms with E-state index in [-0.39, 0.29) is 0 Å². The number of rotatable bonds is 5. The average molecular weight is 257 g/mol. The van der Waals surface area contributed by atoms with E-state index >= 15 is 0 Å². The van der Waals surface area contributed by atoms with Crippen LogP contribution in [0.2, 0.25) is 0 Å². The zero-order valence-electron chi connectivity index (χ0n) is 12.2. The third-order valence-electron chi connectivity index (χ3n) is 3.70. The number of hydrogen-bond acceptors (Lipinski definition) is 2. The minimum Gasteiger partial charge on any atom is -0.310 e. The molecule has 3 nitrogen and oxygen atoms in total. The van der Waals surface area contributed by atoms with Crippen LogP contribution in [0.3, 0.4) is 0 Å². The quantitative estimate of drug-likeness (QED) is 0.864. The van der Waals surface area contributed by atoms with Gasteiger partial charge < -0.3 is 5.32 Å². The molecule has 1 unspecified atom stereocenters. The lowest BCUT2D eigenvalue weighted by Crippen LogP contribution is -2.28. The molecule has 0 aliphatic rings. The standard InChI is InChI=1S/C16H23N3/c1-11-7-5-6-8-15(11)9-12(2)17-10-16-13(3)18-19-14(16)4/h5-8,12,17H,9-10H2,1-4H3,(H,18,19). The van der Waals surface area contributed by atoms with Crippen molar-refractivity contribution in [1.29, 1.82) is 0 Å². The van der Waals surface area contributed by atoms with Crippen molar-refractivity contribution in [1.82, 2.24) is 15.5 Å². The van der Waals surface area contributed by atoms with Gasteiger partial charge >= 0.3 is 0 Å². The summed E-state index contributed by atoms with van der Waals surface area (Å²) in [5.74, 6) is 0. The SMILES string of the molecule is Cc1ccccc1CC(C)NCc1c(C)n[nH]c1C. The first-order valence-electron chi connectivity index (χ1n) is 6.86. The summed E-state index contributed by atoms with van der Waals surface area (Å²) >= 11 is 0. The van der Waals surface area contributed by atoms with Gasteiger partial charge in [0, 0.05) is 23.8 Å². The number of aromatic nitrogens is 2. The van der Waals surface area contributed by atoms with Crippen LogP contribution in [0.5, 0.6) is 0 Å². The molecule has 0 spiro atoms. The Morgan fingerprint density at radius 3 is 2.58 bits per heavy atom. The molecule has 2 aromatic rings. The Balaban J connectivity index is 1.92. The average Bonchev–Trinajstić information content (AvgIpc) is 2.70. The summed E-state index contributed by atoms with van der Waals surface area (Å²) in [7, 11) is 0. The van der Waals surface area contributed by atoms with Crippen LogP contribution in [0, 0.1) is 20.8 Å². The van der Waals surface area contributed by atoms with Crippen molar-refractivity contribution < 1.29 is 0 Å². The van der Waals surface area contributed by atoms with Gasteiger partial charge in [0.05, 0.1) is 5.69 Å². The fraction of sp³-hybridized carbons (Fsp3) is 0.438. The van der Waals surface area contributed by atoms with Gasteiger partial charge in [-0.1, -0.05) is 24.3 Å². The number of H-pyrrole nitrogens is 1. The van der Waals surface area contributed by atoms with Crippen molar-refractivity contribution >= 4 is 0 Å². The minimum absolute atomic E-state index is 0.454. The molecule has 19 heavy (non-hydrogen) atoms. The van der Waals surface area contributed by atoms with E-state index in [1.54, 1.807) is 0 Å². The highest BCUT2D eigenvalue weighted by Gasteiger charge is 2.09. The summed E-state index contributed by atoms with van der Waals surface area (Å²) in [6, 6.07) is 9.04. The summed E-state index contributed by atoms with van der Waals surface area (Å²) in [6.07, 6.45) is 1.06. The topological polar surface area (TPSA) is 40.7 Å². The highest BCUT2D eigenvalue weighted by atomic mass is 15.1. The van der Waals surface area contributed by atoms with Gasteiger partial charge in [-0.25, -0.2) is 0 Å². The lowest BCUT2D eigenvalue weighted by molar-refractivity contribution is 0.542. The normalized spacial score (nSPS) is 12.6. The maximum Gasteiger partial charge on any atom is 0.0638 e. The second-order valence-corrected chi connectivity index (χ2v) is 5.33. The van der Waals surface area contributed by atoms with Crippen molar-refractivity contribution in [2.24, 2.45) is 0 Å². The molecule has 1 aromatic heterocycles. The molecule has 3 heteroatoms. The van der Waals surface area contributed by atoms with E-state index in [1.807, 2.05) is 6.92 Å². The molecule has 0 aliphatic heterocycles. The molecule has 0 bridgehead atoms. The van der Waals surface area contributed by atoms with E-state index in [4.69, 9.17) is 0 Å². The number of aryl methyl sites for hydroxylation is 3. The third kappa shape index (κ3) is 3.44. The zero-order chi connectivity index (χ0) is 13.8. The van der Waals surface area contributed by atoms with Gasteiger partial charge in [-0.2, -0.15) is 5.10 Å². The van der Waals surface area contributed by atoms with Crippen LogP contribution < -0.4 is 5.32 Å². The van der Waals surface area contributed by atoms with Gasteiger partial charge in [0.1, 0.15) is 0 Å². The highest BCUT2D eigenvalue weighted by molar-refractivity contribution is 5.26. The Labute approximate surface area is 115 Å². The maximum atomic E-state index is 4.23. The molecule has 0 amide bonds. The molecule has 0 aliphatic carbocycles. The minimum atomic E-state index is 0.454. The van der Waals surface area contributed by atoms with Crippen molar-refractivity contribution in [3.63, 3.8) is 0 Å². The smallest absolute Gasteiger partial charge is 0.0638 e. The maximum absolute atomic E-state index is 4.23. The molecule has 1 aromatic carbocycles. The third-order valence-corrected chi connectivity index (χ3v) is 3.70. The van der Waals surface area contributed by atoms with Crippen molar-refractivity contribution in [2.45, 2.75) is 46.7 Å². The van der Waals surface area contributed by atoms with E-state index in [0.717, 1.165) is 24.4 Å². The van der Waals surface area contributed by atoms with Gasteiger partial charge in [0.2, 0.25) is 0 Å². The van der Waals surface area contributed by atoms with Crippen molar-refractivity contribution in [2.75, 3.05) is 0 Å². The van der Waals surface area contributed by atoms with Gasteiger partial charge in [0.25, 0.3) is 0 Å². The Morgan fingerprint density at radius 2 is 1.95 bits per heavy atom. The fourth-order valence-electron chi connectivity index (χ4n) is 2.35. The van der Waals surface area contributed by atoms with E-state index in [0.29, 0.717) is 6.04 Å². The van der Waals surface area contributed by atoms with Crippen LogP contribution in [-0.2, 0) is 13.0 Å². The molecule has 0 saturated heterocycles. The van der Waals surface area contributed by atoms with Gasteiger partial charge in [-0.15, -0.1) is 0 Å². The Kier molecular flexibility index (Phi) is 4.38. The van der Waals surface area contributed by atoms with E-state index < -0.39 is 0 Å². The number of nitrogens with one attached hydrogen (secondary N) is 2. The van der Waals surface area contributed by atoms with E-state index in [1.165, 1.54) is 16.7 Å². The lowest BCUT2D eigenvalue weighted by Gasteiger charge is -2.15. The first kappa shape index (κ1) is 13.8. The number of aromatic amines is 1. The predicted octanol–water partition coefficient (Wildman–Crippen LogP) is 3.06. The van der Waals surface area contributed by atoms with Gasteiger partial charge in [-0.05, 0) is 45.2 Å². The van der Waals surface area contributed by atoms with Gasteiger partial charge in [-0.3, -0.25) is 5.10 Å². The fourth-order valence-corrected chi connectivity index (χ4v) is 2.35. The molecule has 2 rings (SSSR count). The molecular weight excluding hydrogens is 234 g/mol. The zero-order valence-corrected chi connectivity index (χ0v) is 12.2.